The highest BCUT2D eigenvalue weighted by Gasteiger charge is 2.38. The zero-order valence-electron chi connectivity index (χ0n) is 10.9. The van der Waals surface area contributed by atoms with Crippen LogP contribution in [0.25, 0.3) is 0 Å². The Balaban J connectivity index is 2.01. The summed E-state index contributed by atoms with van der Waals surface area (Å²) in [5.41, 5.74) is 0.387. The number of rotatable bonds is 3. The molecular weight excluding hydrogens is 301 g/mol. The van der Waals surface area contributed by atoms with Crippen LogP contribution in [-0.2, 0) is 4.79 Å². The normalized spacial score (nSPS) is 10.9. The molecule has 6 nitrogen and oxygen atoms in total. The number of carbonyl (C=O) groups excluding carboxylic acids is 2. The lowest BCUT2D eigenvalue weighted by Crippen LogP contribution is -2.29. The van der Waals surface area contributed by atoms with E-state index in [-0.39, 0.29) is 11.4 Å². The molecule has 0 aliphatic carbocycles. The number of alkyl halides is 3. The smallest absolute Gasteiger partial charge is 0.321 e. The topological polar surface area (TPSA) is 84.0 Å². The first kappa shape index (κ1) is 15.4. The average molecular weight is 310 g/mol. The quantitative estimate of drug-likeness (QED) is 0.910. The summed E-state index contributed by atoms with van der Waals surface area (Å²) >= 11 is 0. The molecule has 0 saturated heterocycles. The first-order chi connectivity index (χ1) is 10.4. The largest absolute Gasteiger partial charge is 0.471 e. The molecule has 0 atom stereocenters. The minimum Gasteiger partial charge on any atom is -0.321 e. The number of halogens is 3. The summed E-state index contributed by atoms with van der Waals surface area (Å²) in [5, 5.41) is 4.19. The Bertz CT molecular complexity index is 672. The predicted octanol–water partition coefficient (Wildman–Crippen LogP) is 2.23. The Hall–Kier alpha value is -2.97. The molecule has 0 saturated carbocycles. The molecule has 0 bridgehead atoms. The summed E-state index contributed by atoms with van der Waals surface area (Å²) in [4.78, 5) is 30.1. The molecule has 0 fully saturated rings. The van der Waals surface area contributed by atoms with Crippen molar-refractivity contribution in [2.45, 2.75) is 6.18 Å². The molecule has 9 heteroatoms. The number of anilines is 2. The number of hydrogen-bond donors (Lipinski definition) is 2. The summed E-state index contributed by atoms with van der Waals surface area (Å²) in [7, 11) is 0. The molecule has 1 aromatic carbocycles. The second-order valence-corrected chi connectivity index (χ2v) is 4.07. The van der Waals surface area contributed by atoms with E-state index in [2.05, 4.69) is 15.3 Å². The van der Waals surface area contributed by atoms with Crippen LogP contribution < -0.4 is 10.6 Å². The number of nitrogens with zero attached hydrogens (tertiary/aromatic N) is 2. The van der Waals surface area contributed by atoms with Gasteiger partial charge < -0.3 is 10.6 Å². The molecule has 0 aliphatic rings. The lowest BCUT2D eigenvalue weighted by molar-refractivity contribution is -0.167. The lowest BCUT2D eigenvalue weighted by atomic mass is 10.2. The number of carbonyl (C=O) groups is 2. The molecule has 114 valence electrons. The number of aromatic nitrogens is 2. The van der Waals surface area contributed by atoms with Crippen molar-refractivity contribution in [2.24, 2.45) is 0 Å². The van der Waals surface area contributed by atoms with Crippen LogP contribution >= 0.6 is 0 Å². The monoisotopic (exact) mass is 310 g/mol. The van der Waals surface area contributed by atoms with Gasteiger partial charge in [0.2, 0.25) is 0 Å². The fourth-order valence-corrected chi connectivity index (χ4v) is 1.45. The van der Waals surface area contributed by atoms with E-state index < -0.39 is 18.0 Å². The minimum absolute atomic E-state index is 0.0418. The van der Waals surface area contributed by atoms with E-state index >= 15 is 0 Å². The third kappa shape index (κ3) is 4.01. The molecule has 0 spiro atoms. The SMILES string of the molecule is O=C(Nc1ccc(NC(=O)C(F)(F)F)cc1)c1cnccn1. The standard InChI is InChI=1S/C13H9F3N4O2/c14-13(15,16)12(22)20-9-3-1-8(2-4-9)19-11(21)10-7-17-5-6-18-10/h1-7H,(H,19,21)(H,20,22). The Morgan fingerprint density at radius 2 is 1.55 bits per heavy atom. The Morgan fingerprint density at radius 1 is 0.955 bits per heavy atom. The van der Waals surface area contributed by atoms with E-state index in [1.165, 1.54) is 42.9 Å². The highest BCUT2D eigenvalue weighted by Crippen LogP contribution is 2.19. The first-order valence-electron chi connectivity index (χ1n) is 5.92. The summed E-state index contributed by atoms with van der Waals surface area (Å²) in [6, 6.07) is 5.16. The zero-order valence-corrected chi connectivity index (χ0v) is 10.9. The third-order valence-electron chi connectivity index (χ3n) is 2.45. The average Bonchev–Trinajstić information content (AvgIpc) is 2.49. The number of benzene rings is 1. The van der Waals surface area contributed by atoms with Crippen LogP contribution in [-0.4, -0.2) is 28.0 Å². The second-order valence-electron chi connectivity index (χ2n) is 4.07. The molecule has 0 unspecified atom stereocenters. The van der Waals surface area contributed by atoms with Crippen molar-refractivity contribution in [3.63, 3.8) is 0 Å². The predicted molar refractivity (Wildman–Crippen MR) is 71.1 cm³/mol. The van der Waals surface area contributed by atoms with E-state index in [1.54, 1.807) is 5.32 Å². The van der Waals surface area contributed by atoms with Gasteiger partial charge in [-0.15, -0.1) is 0 Å². The Labute approximate surface area is 122 Å². The summed E-state index contributed by atoms with van der Waals surface area (Å²) < 4.78 is 36.3. The zero-order chi connectivity index (χ0) is 16.2. The maximum absolute atomic E-state index is 12.1. The molecule has 22 heavy (non-hydrogen) atoms. The van der Waals surface area contributed by atoms with Crippen LogP contribution in [0.3, 0.4) is 0 Å². The maximum atomic E-state index is 12.1. The molecule has 1 aromatic heterocycles. The van der Waals surface area contributed by atoms with Crippen molar-refractivity contribution < 1.29 is 22.8 Å². The molecule has 0 aliphatic heterocycles. The van der Waals surface area contributed by atoms with Crippen LogP contribution in [0.1, 0.15) is 10.5 Å². The number of amides is 2. The number of nitrogens with one attached hydrogen (secondary N) is 2. The molecule has 2 aromatic rings. The lowest BCUT2D eigenvalue weighted by Gasteiger charge is -2.09. The molecular formula is C13H9F3N4O2. The van der Waals surface area contributed by atoms with Crippen molar-refractivity contribution in [3.05, 3.63) is 48.5 Å². The van der Waals surface area contributed by atoms with E-state index in [1.807, 2.05) is 0 Å². The van der Waals surface area contributed by atoms with Crippen LogP contribution in [0.4, 0.5) is 24.5 Å². The van der Waals surface area contributed by atoms with Gasteiger partial charge in [0, 0.05) is 23.8 Å². The van der Waals surface area contributed by atoms with Crippen molar-refractivity contribution in [3.8, 4) is 0 Å². The molecule has 2 rings (SSSR count). The van der Waals surface area contributed by atoms with Crippen LogP contribution in [0.5, 0.6) is 0 Å². The van der Waals surface area contributed by atoms with Gasteiger partial charge in [-0.25, -0.2) is 4.98 Å². The summed E-state index contributed by atoms with van der Waals surface area (Å²) in [5.74, 6) is -2.58. The van der Waals surface area contributed by atoms with Gasteiger partial charge >= 0.3 is 12.1 Å². The van der Waals surface area contributed by atoms with E-state index in [0.717, 1.165) is 0 Å². The highest BCUT2D eigenvalue weighted by molar-refractivity contribution is 6.02. The van der Waals surface area contributed by atoms with Crippen molar-refractivity contribution in [2.75, 3.05) is 10.6 Å². The fraction of sp³-hybridized carbons (Fsp3) is 0.0769. The molecule has 2 amide bonds. The van der Waals surface area contributed by atoms with Gasteiger partial charge in [-0.05, 0) is 24.3 Å². The minimum atomic E-state index is -4.96. The van der Waals surface area contributed by atoms with Crippen molar-refractivity contribution in [1.29, 1.82) is 0 Å². The van der Waals surface area contributed by atoms with Gasteiger partial charge in [-0.2, -0.15) is 13.2 Å². The van der Waals surface area contributed by atoms with Gasteiger partial charge in [-0.3, -0.25) is 14.6 Å². The van der Waals surface area contributed by atoms with Gasteiger partial charge in [0.05, 0.1) is 6.20 Å². The summed E-state index contributed by atoms with van der Waals surface area (Å²) in [6.45, 7) is 0. The van der Waals surface area contributed by atoms with Crippen molar-refractivity contribution >= 4 is 23.2 Å². The van der Waals surface area contributed by atoms with E-state index in [0.29, 0.717) is 5.69 Å². The molecule has 2 N–H and O–H groups in total. The van der Waals surface area contributed by atoms with E-state index in [4.69, 9.17) is 0 Å². The van der Waals surface area contributed by atoms with Crippen LogP contribution in [0.2, 0.25) is 0 Å². The maximum Gasteiger partial charge on any atom is 0.471 e. The van der Waals surface area contributed by atoms with Crippen LogP contribution in [0, 0.1) is 0 Å². The first-order valence-corrected chi connectivity index (χ1v) is 5.92. The fourth-order valence-electron chi connectivity index (χ4n) is 1.45. The van der Waals surface area contributed by atoms with Gasteiger partial charge in [0.25, 0.3) is 5.91 Å². The van der Waals surface area contributed by atoms with Crippen molar-refractivity contribution in [1.82, 2.24) is 9.97 Å². The second kappa shape index (κ2) is 6.20. The Morgan fingerprint density at radius 3 is 2.05 bits per heavy atom. The molecule has 1 heterocycles. The molecule has 0 radical (unpaired) electrons. The third-order valence-corrected chi connectivity index (χ3v) is 2.45. The van der Waals surface area contributed by atoms with Gasteiger partial charge in [-0.1, -0.05) is 0 Å². The Kier molecular flexibility index (Phi) is 4.35. The van der Waals surface area contributed by atoms with Gasteiger partial charge in [0.1, 0.15) is 5.69 Å². The van der Waals surface area contributed by atoms with E-state index in [9.17, 15) is 22.8 Å². The van der Waals surface area contributed by atoms with Crippen LogP contribution in [0.15, 0.2) is 42.9 Å². The number of hydrogen-bond acceptors (Lipinski definition) is 4. The highest BCUT2D eigenvalue weighted by atomic mass is 19.4. The van der Waals surface area contributed by atoms with Gasteiger partial charge in [0.15, 0.2) is 0 Å². The summed E-state index contributed by atoms with van der Waals surface area (Å²) in [6.07, 6.45) is -0.925.